The lowest BCUT2D eigenvalue weighted by Gasteiger charge is -2.34. The molecule has 1 fully saturated rings. The van der Waals surface area contributed by atoms with E-state index in [0.29, 0.717) is 31.9 Å². The van der Waals surface area contributed by atoms with Gasteiger partial charge in [-0.05, 0) is 17.7 Å². The Hall–Kier alpha value is -1.66. The summed E-state index contributed by atoms with van der Waals surface area (Å²) in [5, 5.41) is 9.07. The number of methoxy groups -OCH3 is 1. The van der Waals surface area contributed by atoms with Crippen molar-refractivity contribution >= 4 is 5.97 Å². The van der Waals surface area contributed by atoms with Crippen LogP contribution in [0.25, 0.3) is 0 Å². The molecular formula is C14H18FNO4. The van der Waals surface area contributed by atoms with Gasteiger partial charge in [-0.15, -0.1) is 0 Å². The molecule has 1 saturated heterocycles. The lowest BCUT2D eigenvalue weighted by atomic mass is 10.0. The van der Waals surface area contributed by atoms with E-state index in [1.165, 1.54) is 19.2 Å². The van der Waals surface area contributed by atoms with Crippen LogP contribution in [0.2, 0.25) is 0 Å². The van der Waals surface area contributed by atoms with Crippen molar-refractivity contribution in [1.82, 2.24) is 4.90 Å². The van der Waals surface area contributed by atoms with Crippen LogP contribution in [0.3, 0.4) is 0 Å². The van der Waals surface area contributed by atoms with Gasteiger partial charge in [0.1, 0.15) is 0 Å². The largest absolute Gasteiger partial charge is 0.494 e. The first kappa shape index (κ1) is 14.7. The first-order chi connectivity index (χ1) is 9.61. The van der Waals surface area contributed by atoms with E-state index in [1.54, 1.807) is 6.07 Å². The fourth-order valence-corrected chi connectivity index (χ4v) is 2.40. The Morgan fingerprint density at radius 2 is 2.20 bits per heavy atom. The molecule has 0 spiro atoms. The minimum atomic E-state index is -0.905. The summed E-state index contributed by atoms with van der Waals surface area (Å²) in [6, 6.07) is 4.24. The molecule has 1 heterocycles. The number of morpholine rings is 1. The van der Waals surface area contributed by atoms with E-state index >= 15 is 0 Å². The molecule has 110 valence electrons. The normalized spacial score (nSPS) is 17.7. The Morgan fingerprint density at radius 1 is 1.50 bits per heavy atom. The number of hydrogen-bond acceptors (Lipinski definition) is 4. The number of rotatable bonds is 5. The van der Waals surface area contributed by atoms with Gasteiger partial charge in [0.15, 0.2) is 11.6 Å². The first-order valence-corrected chi connectivity index (χ1v) is 6.49. The number of carboxylic acid groups (broad SMARTS) is 1. The van der Waals surface area contributed by atoms with Crippen LogP contribution in [0.1, 0.15) is 18.0 Å². The maximum absolute atomic E-state index is 13.8. The molecule has 1 atom stereocenters. The van der Waals surface area contributed by atoms with Crippen LogP contribution < -0.4 is 4.74 Å². The molecule has 1 aliphatic heterocycles. The lowest BCUT2D eigenvalue weighted by molar-refractivity contribution is -0.139. The smallest absolute Gasteiger partial charge is 0.305 e. The highest BCUT2D eigenvalue weighted by Gasteiger charge is 2.25. The molecule has 20 heavy (non-hydrogen) atoms. The fourth-order valence-electron chi connectivity index (χ4n) is 2.40. The third kappa shape index (κ3) is 3.46. The molecule has 0 bridgehead atoms. The minimum Gasteiger partial charge on any atom is -0.494 e. The van der Waals surface area contributed by atoms with E-state index in [2.05, 4.69) is 0 Å². The van der Waals surface area contributed by atoms with E-state index in [0.717, 1.165) is 0 Å². The summed E-state index contributed by atoms with van der Waals surface area (Å²) in [4.78, 5) is 13.1. The Bertz CT molecular complexity index is 474. The van der Waals surface area contributed by atoms with Crippen molar-refractivity contribution < 1.29 is 23.8 Å². The van der Waals surface area contributed by atoms with Crippen LogP contribution >= 0.6 is 0 Å². The third-order valence-electron chi connectivity index (χ3n) is 3.42. The molecule has 1 aromatic rings. The van der Waals surface area contributed by atoms with Gasteiger partial charge >= 0.3 is 5.97 Å². The molecule has 2 rings (SSSR count). The van der Waals surface area contributed by atoms with Crippen molar-refractivity contribution in [3.8, 4) is 5.75 Å². The van der Waals surface area contributed by atoms with E-state index in [9.17, 15) is 9.18 Å². The van der Waals surface area contributed by atoms with E-state index in [4.69, 9.17) is 14.6 Å². The van der Waals surface area contributed by atoms with E-state index in [1.807, 2.05) is 4.90 Å². The summed E-state index contributed by atoms with van der Waals surface area (Å²) >= 11 is 0. The number of carbonyl (C=O) groups is 1. The highest BCUT2D eigenvalue weighted by molar-refractivity contribution is 5.68. The minimum absolute atomic E-state index is 0.0637. The summed E-state index contributed by atoms with van der Waals surface area (Å²) in [6.07, 6.45) is -0.0637. The van der Waals surface area contributed by atoms with E-state index in [-0.39, 0.29) is 18.2 Å². The molecule has 0 aromatic heterocycles. The standard InChI is InChI=1S/C14H18FNO4/c1-19-13-3-2-10(8-11(13)15)12(9-14(17)18)16-4-6-20-7-5-16/h2-3,8,12H,4-7,9H2,1H3,(H,17,18). The van der Waals surface area contributed by atoms with Crippen LogP contribution in [-0.4, -0.2) is 49.4 Å². The van der Waals surface area contributed by atoms with Gasteiger partial charge in [-0.2, -0.15) is 0 Å². The highest BCUT2D eigenvalue weighted by atomic mass is 19.1. The zero-order valence-corrected chi connectivity index (χ0v) is 11.3. The van der Waals surface area contributed by atoms with Gasteiger partial charge in [0.05, 0.1) is 26.7 Å². The number of halogens is 1. The van der Waals surface area contributed by atoms with Gasteiger partial charge in [0, 0.05) is 19.1 Å². The van der Waals surface area contributed by atoms with Gasteiger partial charge < -0.3 is 14.6 Å². The summed E-state index contributed by atoms with van der Waals surface area (Å²) in [6.45, 7) is 2.42. The Labute approximate surface area is 116 Å². The molecule has 5 nitrogen and oxygen atoms in total. The summed E-state index contributed by atoms with van der Waals surface area (Å²) < 4.78 is 23.9. The molecule has 1 unspecified atom stereocenters. The third-order valence-corrected chi connectivity index (χ3v) is 3.42. The molecule has 0 amide bonds. The van der Waals surface area contributed by atoms with Gasteiger partial charge in [-0.1, -0.05) is 6.07 Å². The average Bonchev–Trinajstić information content (AvgIpc) is 2.45. The second kappa shape index (κ2) is 6.67. The van der Waals surface area contributed by atoms with Crippen molar-refractivity contribution in [3.63, 3.8) is 0 Å². The van der Waals surface area contributed by atoms with Crippen LogP contribution in [0.5, 0.6) is 5.75 Å². The van der Waals surface area contributed by atoms with Crippen LogP contribution in [-0.2, 0) is 9.53 Å². The number of aliphatic carboxylic acids is 1. The molecule has 1 aliphatic rings. The summed E-state index contributed by atoms with van der Waals surface area (Å²) in [7, 11) is 1.40. The Balaban J connectivity index is 2.25. The Kier molecular flexibility index (Phi) is 4.92. The maximum atomic E-state index is 13.8. The second-order valence-electron chi connectivity index (χ2n) is 4.66. The Morgan fingerprint density at radius 3 is 2.75 bits per heavy atom. The molecule has 1 N–H and O–H groups in total. The summed E-state index contributed by atoms with van der Waals surface area (Å²) in [5.74, 6) is -1.23. The fraction of sp³-hybridized carbons (Fsp3) is 0.500. The van der Waals surface area contributed by atoms with Crippen molar-refractivity contribution in [2.75, 3.05) is 33.4 Å². The van der Waals surface area contributed by atoms with Crippen LogP contribution in [0, 0.1) is 5.82 Å². The monoisotopic (exact) mass is 283 g/mol. The van der Waals surface area contributed by atoms with Crippen LogP contribution in [0.15, 0.2) is 18.2 Å². The van der Waals surface area contributed by atoms with E-state index < -0.39 is 11.8 Å². The molecule has 0 saturated carbocycles. The van der Waals surface area contributed by atoms with Crippen molar-refractivity contribution in [2.45, 2.75) is 12.5 Å². The lowest BCUT2D eigenvalue weighted by Crippen LogP contribution is -2.39. The van der Waals surface area contributed by atoms with Gasteiger partial charge in [0.25, 0.3) is 0 Å². The predicted molar refractivity (Wildman–Crippen MR) is 70.3 cm³/mol. The van der Waals surface area contributed by atoms with Gasteiger partial charge in [-0.3, -0.25) is 9.69 Å². The SMILES string of the molecule is COc1ccc(C(CC(=O)O)N2CCOCC2)cc1F. The van der Waals surface area contributed by atoms with Crippen molar-refractivity contribution in [2.24, 2.45) is 0 Å². The maximum Gasteiger partial charge on any atom is 0.305 e. The van der Waals surface area contributed by atoms with Gasteiger partial charge in [0.2, 0.25) is 0 Å². The molecular weight excluding hydrogens is 265 g/mol. The highest BCUT2D eigenvalue weighted by Crippen LogP contribution is 2.28. The average molecular weight is 283 g/mol. The summed E-state index contributed by atoms with van der Waals surface area (Å²) in [5.41, 5.74) is 0.646. The van der Waals surface area contributed by atoms with Crippen LogP contribution in [0.4, 0.5) is 4.39 Å². The topological polar surface area (TPSA) is 59.0 Å². The number of hydrogen-bond donors (Lipinski definition) is 1. The predicted octanol–water partition coefficient (Wildman–Crippen LogP) is 1.68. The molecule has 0 radical (unpaired) electrons. The van der Waals surface area contributed by atoms with Gasteiger partial charge in [-0.25, -0.2) is 4.39 Å². The van der Waals surface area contributed by atoms with Crippen molar-refractivity contribution in [3.05, 3.63) is 29.6 Å². The zero-order valence-electron chi connectivity index (χ0n) is 11.3. The second-order valence-corrected chi connectivity index (χ2v) is 4.66. The molecule has 6 heteroatoms. The molecule has 1 aromatic carbocycles. The molecule has 0 aliphatic carbocycles. The number of carboxylic acids is 1. The van der Waals surface area contributed by atoms with Crippen molar-refractivity contribution in [1.29, 1.82) is 0 Å². The number of ether oxygens (including phenoxy) is 2. The quantitative estimate of drug-likeness (QED) is 0.891. The number of nitrogens with zero attached hydrogens (tertiary/aromatic N) is 1. The first-order valence-electron chi connectivity index (χ1n) is 6.49. The zero-order chi connectivity index (χ0) is 14.5. The number of benzene rings is 1.